The van der Waals surface area contributed by atoms with E-state index in [1.54, 1.807) is 0 Å². The molecule has 63 heavy (non-hydrogen) atoms. The fourth-order valence-electron chi connectivity index (χ4n) is 10.9. The van der Waals surface area contributed by atoms with Crippen molar-refractivity contribution in [2.24, 2.45) is 0 Å². The quantitative estimate of drug-likeness (QED) is 0.162. The molecule has 1 nitrogen and oxygen atoms in total. The first-order valence-corrected chi connectivity index (χ1v) is 22.7. The molecule has 0 spiro atoms. The van der Waals surface area contributed by atoms with Gasteiger partial charge in [-0.3, -0.25) is 0 Å². The molecule has 0 amide bonds. The number of thiophene rings is 1. The monoisotopic (exact) mass is 819 g/mol. The third-order valence-corrected chi connectivity index (χ3v) is 15.1. The summed E-state index contributed by atoms with van der Waals surface area (Å²) in [6, 6.07) is 78.9. The predicted molar refractivity (Wildman–Crippen MR) is 270 cm³/mol. The molecule has 296 valence electrons. The average Bonchev–Trinajstić information content (AvgIpc) is 3.97. The van der Waals surface area contributed by atoms with Gasteiger partial charge in [-0.15, -0.1) is 11.3 Å². The maximum atomic E-state index is 2.47. The summed E-state index contributed by atoms with van der Waals surface area (Å²) in [6.45, 7) is 4.73. The van der Waals surface area contributed by atoms with E-state index in [4.69, 9.17) is 0 Å². The van der Waals surface area contributed by atoms with Crippen molar-refractivity contribution < 1.29 is 0 Å². The van der Waals surface area contributed by atoms with Crippen molar-refractivity contribution in [2.75, 3.05) is 4.90 Å². The van der Waals surface area contributed by atoms with E-state index in [2.05, 4.69) is 231 Å². The van der Waals surface area contributed by atoms with Crippen LogP contribution < -0.4 is 4.90 Å². The molecule has 0 unspecified atom stereocenters. The minimum absolute atomic E-state index is 0.111. The topological polar surface area (TPSA) is 3.24 Å². The Morgan fingerprint density at radius 2 is 0.794 bits per heavy atom. The summed E-state index contributed by atoms with van der Waals surface area (Å²) in [5, 5.41) is 5.27. The van der Waals surface area contributed by atoms with Crippen LogP contribution in [0.2, 0.25) is 0 Å². The molecule has 11 aromatic rings. The van der Waals surface area contributed by atoms with Crippen LogP contribution in [-0.2, 0) is 5.41 Å². The number of anilines is 3. The Kier molecular flexibility index (Phi) is 7.89. The summed E-state index contributed by atoms with van der Waals surface area (Å²) < 4.78 is 2.66. The van der Waals surface area contributed by atoms with E-state index in [-0.39, 0.29) is 5.41 Å². The number of hydrogen-bond acceptors (Lipinski definition) is 2. The Bertz CT molecular complexity index is 3600. The molecule has 0 aliphatic heterocycles. The van der Waals surface area contributed by atoms with E-state index in [0.717, 1.165) is 11.4 Å². The first-order valence-electron chi connectivity index (χ1n) is 21.9. The minimum atomic E-state index is -0.111. The van der Waals surface area contributed by atoms with Gasteiger partial charge in [0, 0.05) is 42.5 Å². The van der Waals surface area contributed by atoms with Crippen molar-refractivity contribution in [3.05, 3.63) is 223 Å². The van der Waals surface area contributed by atoms with Gasteiger partial charge in [-0.05, 0) is 113 Å². The summed E-state index contributed by atoms with van der Waals surface area (Å²) >= 11 is 1.91. The van der Waals surface area contributed by atoms with Gasteiger partial charge < -0.3 is 4.90 Å². The smallest absolute Gasteiger partial charge is 0.0543 e. The van der Waals surface area contributed by atoms with Crippen LogP contribution >= 0.6 is 11.3 Å². The van der Waals surface area contributed by atoms with Gasteiger partial charge in [-0.2, -0.15) is 0 Å². The van der Waals surface area contributed by atoms with Crippen molar-refractivity contribution in [1.29, 1.82) is 0 Å². The van der Waals surface area contributed by atoms with Crippen molar-refractivity contribution >= 4 is 59.3 Å². The SMILES string of the molecule is CC1(C)c2ccccc2-c2c(N(c3ccc(-c4ccc5c6c(cccc46)-c4ccccc4-5)cc3)c3ccc(-c4cccc5c4sc4c(-c6ccccc6)cccc45)cc3)cccc21. The minimum Gasteiger partial charge on any atom is -0.310 e. The molecule has 0 atom stereocenters. The zero-order valence-electron chi connectivity index (χ0n) is 35.1. The Morgan fingerprint density at radius 3 is 1.44 bits per heavy atom. The summed E-state index contributed by atoms with van der Waals surface area (Å²) in [5.74, 6) is 0. The van der Waals surface area contributed by atoms with Gasteiger partial charge >= 0.3 is 0 Å². The normalized spacial score (nSPS) is 13.0. The van der Waals surface area contributed by atoms with Crippen LogP contribution in [-0.4, -0.2) is 0 Å². The first-order chi connectivity index (χ1) is 31.0. The van der Waals surface area contributed by atoms with E-state index in [1.807, 2.05) is 11.3 Å². The number of hydrogen-bond donors (Lipinski definition) is 0. The van der Waals surface area contributed by atoms with Gasteiger partial charge in [0.15, 0.2) is 0 Å². The third-order valence-electron chi connectivity index (χ3n) is 13.9. The van der Waals surface area contributed by atoms with E-state index in [1.165, 1.54) is 115 Å². The highest BCUT2D eigenvalue weighted by Crippen LogP contribution is 2.55. The van der Waals surface area contributed by atoms with Gasteiger partial charge in [0.1, 0.15) is 0 Å². The molecule has 0 radical (unpaired) electrons. The summed E-state index contributed by atoms with van der Waals surface area (Å²) in [6.07, 6.45) is 0. The lowest BCUT2D eigenvalue weighted by atomic mass is 9.82. The Hall–Kier alpha value is -7.52. The molecule has 0 saturated carbocycles. The molecule has 1 aromatic heterocycles. The Labute approximate surface area is 371 Å². The Balaban J connectivity index is 0.947. The van der Waals surface area contributed by atoms with Crippen molar-refractivity contribution in [3.8, 4) is 66.8 Å². The molecule has 1 heterocycles. The molecule has 0 N–H and O–H groups in total. The van der Waals surface area contributed by atoms with Gasteiger partial charge in [-0.1, -0.05) is 196 Å². The van der Waals surface area contributed by atoms with Crippen LogP contribution in [0.15, 0.2) is 212 Å². The van der Waals surface area contributed by atoms with Gasteiger partial charge in [0.25, 0.3) is 0 Å². The highest BCUT2D eigenvalue weighted by Gasteiger charge is 2.37. The van der Waals surface area contributed by atoms with Crippen LogP contribution in [0.4, 0.5) is 17.1 Å². The largest absolute Gasteiger partial charge is 0.310 e. The number of benzene rings is 10. The number of fused-ring (bicyclic) bond motifs is 9. The van der Waals surface area contributed by atoms with E-state index >= 15 is 0 Å². The average molecular weight is 820 g/mol. The number of rotatable bonds is 6. The van der Waals surface area contributed by atoms with Crippen molar-refractivity contribution in [2.45, 2.75) is 19.3 Å². The molecule has 0 fully saturated rings. The summed E-state index contributed by atoms with van der Waals surface area (Å²) in [5.41, 5.74) is 21.5. The van der Waals surface area contributed by atoms with E-state index < -0.39 is 0 Å². The second kappa shape index (κ2) is 13.7. The molecule has 2 aliphatic rings. The fraction of sp³-hybridized carbons (Fsp3) is 0.0492. The van der Waals surface area contributed by atoms with Crippen LogP contribution in [0, 0.1) is 0 Å². The zero-order chi connectivity index (χ0) is 41.8. The molecule has 2 heteroatoms. The molecule has 0 bridgehead atoms. The van der Waals surface area contributed by atoms with Gasteiger partial charge in [0.2, 0.25) is 0 Å². The molecule has 13 rings (SSSR count). The lowest BCUT2D eigenvalue weighted by Crippen LogP contribution is -2.16. The molecule has 10 aromatic carbocycles. The summed E-state index contributed by atoms with van der Waals surface area (Å²) in [4.78, 5) is 2.47. The third kappa shape index (κ3) is 5.35. The van der Waals surface area contributed by atoms with Crippen LogP contribution in [0.5, 0.6) is 0 Å². The van der Waals surface area contributed by atoms with E-state index in [0.29, 0.717) is 0 Å². The molecule has 2 aliphatic carbocycles. The molecular weight excluding hydrogens is 779 g/mol. The van der Waals surface area contributed by atoms with Crippen molar-refractivity contribution in [1.82, 2.24) is 0 Å². The Morgan fingerprint density at radius 1 is 0.333 bits per heavy atom. The van der Waals surface area contributed by atoms with Crippen LogP contribution in [0.3, 0.4) is 0 Å². The fourth-order valence-corrected chi connectivity index (χ4v) is 12.3. The van der Waals surface area contributed by atoms with E-state index in [9.17, 15) is 0 Å². The summed E-state index contributed by atoms with van der Waals surface area (Å²) in [7, 11) is 0. The zero-order valence-corrected chi connectivity index (χ0v) is 35.9. The van der Waals surface area contributed by atoms with Crippen LogP contribution in [0.25, 0.3) is 97.7 Å². The standard InChI is InChI=1S/C61H41NS/c1-61(2)54-25-9-8-18-53(54)58-55(61)26-13-27-56(58)62(41-32-28-39(29-33-41)43-36-37-50-47-17-7-6-16-46(47)49-22-12-21-48(43)57(49)50)42-34-30-40(31-35-42)45-20-11-24-52-51-23-10-19-44(59(51)63-60(45)52)38-14-4-3-5-15-38/h3-37H,1-2H3. The maximum absolute atomic E-state index is 2.47. The van der Waals surface area contributed by atoms with Crippen molar-refractivity contribution in [3.63, 3.8) is 0 Å². The molecule has 0 saturated heterocycles. The lowest BCUT2D eigenvalue weighted by Gasteiger charge is -2.29. The second-order valence-corrected chi connectivity index (χ2v) is 18.6. The highest BCUT2D eigenvalue weighted by molar-refractivity contribution is 7.26. The predicted octanol–water partition coefficient (Wildman–Crippen LogP) is 17.6. The lowest BCUT2D eigenvalue weighted by molar-refractivity contribution is 0.660. The molecular formula is C61H41NS. The van der Waals surface area contributed by atoms with Gasteiger partial charge in [0.05, 0.1) is 5.69 Å². The van der Waals surface area contributed by atoms with Gasteiger partial charge in [-0.25, -0.2) is 0 Å². The second-order valence-electron chi connectivity index (χ2n) is 17.6. The maximum Gasteiger partial charge on any atom is 0.0543 e. The highest BCUT2D eigenvalue weighted by atomic mass is 32.1. The first kappa shape index (κ1) is 36.2. The number of nitrogens with zero attached hydrogens (tertiary/aromatic N) is 1. The van der Waals surface area contributed by atoms with Crippen LogP contribution in [0.1, 0.15) is 25.0 Å².